The molecule has 0 heterocycles. The molecule has 0 bridgehead atoms. The van der Waals surface area contributed by atoms with Crippen LogP contribution in [-0.2, 0) is 26.6 Å². The van der Waals surface area contributed by atoms with E-state index in [1.807, 2.05) is 41.5 Å². The van der Waals surface area contributed by atoms with Gasteiger partial charge in [0, 0.05) is 64.8 Å². The fourth-order valence-electron chi connectivity index (χ4n) is 3.62. The lowest BCUT2D eigenvalue weighted by molar-refractivity contribution is 0.0700. The summed E-state index contributed by atoms with van der Waals surface area (Å²) >= 11 is 0. The van der Waals surface area contributed by atoms with Crippen molar-refractivity contribution in [3.8, 4) is 0 Å². The molecule has 0 atom stereocenters. The number of rotatable bonds is 22. The van der Waals surface area contributed by atoms with Crippen LogP contribution in [0.15, 0.2) is 0 Å². The SMILES string of the molecule is CCO[Si](CCCCN(CCCC[Si](OCC)(OCC)OCC)C(N)=O)(OCC)OCC. The first kappa shape index (κ1) is 31.5. The Hall–Kier alpha value is -0.536. The largest absolute Gasteiger partial charge is 0.500 e. The van der Waals surface area contributed by atoms with E-state index in [1.165, 1.54) is 0 Å². The molecule has 0 fully saturated rings. The maximum absolute atomic E-state index is 11.9. The van der Waals surface area contributed by atoms with Crippen molar-refractivity contribution >= 4 is 23.6 Å². The molecule has 0 aromatic heterocycles. The van der Waals surface area contributed by atoms with Crippen LogP contribution in [0.3, 0.4) is 0 Å². The molecular weight excluding hydrogens is 448 g/mol. The van der Waals surface area contributed by atoms with Crippen LogP contribution < -0.4 is 5.73 Å². The molecule has 192 valence electrons. The molecule has 32 heavy (non-hydrogen) atoms. The van der Waals surface area contributed by atoms with E-state index in [0.29, 0.717) is 52.7 Å². The molecule has 2 N–H and O–H groups in total. The zero-order chi connectivity index (χ0) is 24.3. The minimum absolute atomic E-state index is 0.393. The van der Waals surface area contributed by atoms with Gasteiger partial charge in [-0.1, -0.05) is 0 Å². The molecule has 0 aromatic carbocycles. The van der Waals surface area contributed by atoms with E-state index in [4.69, 9.17) is 32.3 Å². The molecule has 0 unspecified atom stereocenters. The molecule has 0 aliphatic carbocycles. The number of hydrogen-bond acceptors (Lipinski definition) is 7. The summed E-state index contributed by atoms with van der Waals surface area (Å²) in [7, 11) is -5.29. The Balaban J connectivity index is 4.60. The highest BCUT2D eigenvalue weighted by Crippen LogP contribution is 2.21. The lowest BCUT2D eigenvalue weighted by atomic mass is 10.3. The normalized spacial score (nSPS) is 12.3. The average molecular weight is 497 g/mol. The molecule has 9 nitrogen and oxygen atoms in total. The van der Waals surface area contributed by atoms with E-state index in [2.05, 4.69) is 0 Å². The summed E-state index contributed by atoms with van der Waals surface area (Å²) in [5, 5.41) is 0. The number of amides is 2. The zero-order valence-electron chi connectivity index (χ0n) is 21.3. The van der Waals surface area contributed by atoms with Gasteiger partial charge in [0.15, 0.2) is 0 Å². The van der Waals surface area contributed by atoms with Crippen molar-refractivity contribution in [2.75, 3.05) is 52.7 Å². The minimum Gasteiger partial charge on any atom is -0.374 e. The second-order valence-electron chi connectivity index (χ2n) is 7.20. The van der Waals surface area contributed by atoms with Gasteiger partial charge in [0.2, 0.25) is 0 Å². The van der Waals surface area contributed by atoms with Crippen molar-refractivity contribution in [2.24, 2.45) is 5.73 Å². The molecule has 11 heteroatoms. The summed E-state index contributed by atoms with van der Waals surface area (Å²) in [4.78, 5) is 13.6. The van der Waals surface area contributed by atoms with E-state index in [0.717, 1.165) is 37.8 Å². The number of carbonyl (C=O) groups excluding carboxylic acids is 1. The molecule has 0 aliphatic rings. The quantitative estimate of drug-likeness (QED) is 0.178. The standard InChI is InChI=1S/C21H48N2O7Si2/c1-7-25-31(26-8-2,27-9-3)19-15-13-17-23(21(22)24)18-14-16-20-32(28-10-4,29-11-5)30-12-6/h7-20H2,1-6H3,(H2,22,24). The maximum atomic E-state index is 11.9. The molecule has 0 radical (unpaired) electrons. The smallest absolute Gasteiger partial charge is 0.374 e. The van der Waals surface area contributed by atoms with Crippen molar-refractivity contribution in [2.45, 2.75) is 79.3 Å². The Kier molecular flexibility index (Phi) is 18.5. The Morgan fingerprint density at radius 3 is 1.09 bits per heavy atom. The molecule has 0 spiro atoms. The fraction of sp³-hybridized carbons (Fsp3) is 0.952. The Morgan fingerprint density at radius 2 is 0.875 bits per heavy atom. The predicted octanol–water partition coefficient (Wildman–Crippen LogP) is 4.02. The third-order valence-corrected chi connectivity index (χ3v) is 11.1. The minimum atomic E-state index is -2.64. The molecule has 0 saturated heterocycles. The van der Waals surface area contributed by atoms with Crippen LogP contribution in [0, 0.1) is 0 Å². The first-order valence-corrected chi connectivity index (χ1v) is 16.1. The van der Waals surface area contributed by atoms with Crippen LogP contribution >= 0.6 is 0 Å². The number of unbranched alkanes of at least 4 members (excludes halogenated alkanes) is 2. The van der Waals surface area contributed by atoms with Gasteiger partial charge >= 0.3 is 23.6 Å². The number of carbonyl (C=O) groups is 1. The van der Waals surface area contributed by atoms with Crippen LogP contribution in [0.2, 0.25) is 12.1 Å². The molecule has 0 aromatic rings. The van der Waals surface area contributed by atoms with Gasteiger partial charge in [0.05, 0.1) is 0 Å². The summed E-state index contributed by atoms with van der Waals surface area (Å²) in [6.07, 6.45) is 3.34. The number of hydrogen-bond donors (Lipinski definition) is 1. The molecule has 0 saturated carbocycles. The van der Waals surface area contributed by atoms with Crippen LogP contribution in [0.1, 0.15) is 67.2 Å². The first-order valence-electron chi connectivity index (χ1n) is 12.3. The second-order valence-corrected chi connectivity index (χ2v) is 12.7. The summed E-state index contributed by atoms with van der Waals surface area (Å²) in [5.74, 6) is 0. The highest BCUT2D eigenvalue weighted by atomic mass is 28.4. The van der Waals surface area contributed by atoms with Gasteiger partial charge in [-0.3, -0.25) is 0 Å². The fourth-order valence-corrected chi connectivity index (χ4v) is 8.99. The molecule has 2 amide bonds. The van der Waals surface area contributed by atoms with E-state index in [1.54, 1.807) is 4.90 Å². The van der Waals surface area contributed by atoms with Crippen LogP contribution in [0.5, 0.6) is 0 Å². The highest BCUT2D eigenvalue weighted by Gasteiger charge is 2.40. The van der Waals surface area contributed by atoms with E-state index in [9.17, 15) is 4.79 Å². The topological polar surface area (TPSA) is 102 Å². The number of nitrogens with two attached hydrogens (primary N) is 1. The first-order chi connectivity index (χ1) is 15.4. The van der Waals surface area contributed by atoms with Crippen molar-refractivity contribution in [3.63, 3.8) is 0 Å². The van der Waals surface area contributed by atoms with Crippen LogP contribution in [0.4, 0.5) is 4.79 Å². The summed E-state index contributed by atoms with van der Waals surface area (Å²) in [5.41, 5.74) is 5.62. The highest BCUT2D eigenvalue weighted by molar-refractivity contribution is 6.61. The van der Waals surface area contributed by atoms with Crippen LogP contribution in [-0.4, -0.2) is 81.3 Å². The Morgan fingerprint density at radius 1 is 0.594 bits per heavy atom. The third kappa shape index (κ3) is 12.6. The van der Waals surface area contributed by atoms with E-state index < -0.39 is 23.6 Å². The van der Waals surface area contributed by atoms with Crippen LogP contribution in [0.25, 0.3) is 0 Å². The monoisotopic (exact) mass is 496 g/mol. The molecular formula is C21H48N2O7Si2. The van der Waals surface area contributed by atoms with E-state index >= 15 is 0 Å². The lowest BCUT2D eigenvalue weighted by Crippen LogP contribution is -2.46. The van der Waals surface area contributed by atoms with E-state index in [-0.39, 0.29) is 0 Å². The summed E-state index contributed by atoms with van der Waals surface area (Å²) in [6, 6.07) is 1.08. The molecule has 0 rings (SSSR count). The number of primary amides is 1. The zero-order valence-corrected chi connectivity index (χ0v) is 23.3. The predicted molar refractivity (Wildman–Crippen MR) is 131 cm³/mol. The number of urea groups is 1. The Labute approximate surface area is 197 Å². The third-order valence-electron chi connectivity index (χ3n) is 4.82. The summed E-state index contributed by atoms with van der Waals surface area (Å²) in [6.45, 7) is 16.3. The maximum Gasteiger partial charge on any atom is 0.500 e. The van der Waals surface area contributed by atoms with Gasteiger partial charge in [-0.15, -0.1) is 0 Å². The van der Waals surface area contributed by atoms with Crippen molar-refractivity contribution in [1.82, 2.24) is 4.90 Å². The van der Waals surface area contributed by atoms with Gasteiger partial charge in [-0.25, -0.2) is 4.79 Å². The average Bonchev–Trinajstić information content (AvgIpc) is 2.73. The van der Waals surface area contributed by atoms with Crippen molar-refractivity contribution in [1.29, 1.82) is 0 Å². The molecule has 0 aliphatic heterocycles. The number of nitrogens with zero attached hydrogens (tertiary/aromatic N) is 1. The van der Waals surface area contributed by atoms with Crippen molar-refractivity contribution in [3.05, 3.63) is 0 Å². The van der Waals surface area contributed by atoms with Gasteiger partial charge in [-0.2, -0.15) is 0 Å². The van der Waals surface area contributed by atoms with Crippen molar-refractivity contribution < 1.29 is 31.4 Å². The van der Waals surface area contributed by atoms with Gasteiger partial charge in [0.25, 0.3) is 0 Å². The van der Waals surface area contributed by atoms with Gasteiger partial charge in [-0.05, 0) is 67.2 Å². The van der Waals surface area contributed by atoms with Gasteiger partial charge in [0.1, 0.15) is 0 Å². The summed E-state index contributed by atoms with van der Waals surface area (Å²) < 4.78 is 35.4. The lowest BCUT2D eigenvalue weighted by Gasteiger charge is -2.29. The second kappa shape index (κ2) is 18.8. The Bertz CT molecular complexity index is 407. The van der Waals surface area contributed by atoms with Gasteiger partial charge < -0.3 is 37.2 Å².